The molecule has 7 nitrogen and oxygen atoms in total. The van der Waals surface area contributed by atoms with Crippen molar-refractivity contribution in [1.82, 2.24) is 9.55 Å². The van der Waals surface area contributed by atoms with Crippen molar-refractivity contribution in [3.63, 3.8) is 0 Å². The number of nitrogen functional groups attached to an aromatic ring is 1. The van der Waals surface area contributed by atoms with Gasteiger partial charge in [-0.2, -0.15) is 4.98 Å². The summed E-state index contributed by atoms with van der Waals surface area (Å²) in [6.45, 7) is 0. The predicted molar refractivity (Wildman–Crippen MR) is 54.6 cm³/mol. The Hall–Kier alpha value is -1.44. The lowest BCUT2D eigenvalue weighted by molar-refractivity contribution is -0.0249. The van der Waals surface area contributed by atoms with Crippen LogP contribution in [0.25, 0.3) is 0 Å². The van der Waals surface area contributed by atoms with E-state index in [0.29, 0.717) is 0 Å². The van der Waals surface area contributed by atoms with Crippen LogP contribution < -0.4 is 11.4 Å². The lowest BCUT2D eigenvalue weighted by Crippen LogP contribution is -2.35. The number of nitrogens with zero attached hydrogens (tertiary/aromatic N) is 2. The third-order valence-electron chi connectivity index (χ3n) is 2.83. The molecule has 0 bridgehead atoms. The van der Waals surface area contributed by atoms with Crippen LogP contribution in [-0.4, -0.2) is 43.2 Å². The van der Waals surface area contributed by atoms with Gasteiger partial charge < -0.3 is 21.1 Å². The first-order valence-corrected chi connectivity index (χ1v) is 4.89. The zero-order valence-electron chi connectivity index (χ0n) is 8.39. The Morgan fingerprint density at radius 1 is 1.38 bits per heavy atom. The summed E-state index contributed by atoms with van der Waals surface area (Å²) >= 11 is 0. The first-order chi connectivity index (χ1) is 7.50. The van der Waals surface area contributed by atoms with Crippen molar-refractivity contribution in [3.8, 4) is 0 Å². The lowest BCUT2D eigenvalue weighted by atomic mass is 10.2. The lowest BCUT2D eigenvalue weighted by Gasteiger charge is -2.17. The van der Waals surface area contributed by atoms with Crippen molar-refractivity contribution in [1.29, 1.82) is 0 Å². The molecule has 4 unspecified atom stereocenters. The van der Waals surface area contributed by atoms with Crippen LogP contribution in [0.4, 0.5) is 5.82 Å². The van der Waals surface area contributed by atoms with E-state index in [2.05, 4.69) is 4.98 Å². The number of rotatable bonds is 1. The summed E-state index contributed by atoms with van der Waals surface area (Å²) in [6.07, 6.45) is -1.96. The van der Waals surface area contributed by atoms with Gasteiger partial charge in [0.1, 0.15) is 18.0 Å². The molecular weight excluding hydrogens is 214 g/mol. The molecular formula is C9H13N3O4. The third kappa shape index (κ3) is 1.69. The van der Waals surface area contributed by atoms with Crippen molar-refractivity contribution in [2.75, 3.05) is 5.73 Å². The quantitative estimate of drug-likeness (QED) is 0.434. The molecule has 1 heterocycles. The van der Waals surface area contributed by atoms with Crippen LogP contribution in [-0.2, 0) is 0 Å². The SMILES string of the molecule is Nc1ccn(C2CC(O)C(O)C2O)c(=O)n1. The minimum absolute atomic E-state index is 0.0924. The van der Waals surface area contributed by atoms with E-state index in [-0.39, 0.29) is 12.2 Å². The molecule has 5 N–H and O–H groups in total. The number of aliphatic hydroxyl groups excluding tert-OH is 3. The van der Waals surface area contributed by atoms with E-state index in [1.54, 1.807) is 0 Å². The highest BCUT2D eigenvalue weighted by Gasteiger charge is 2.41. The van der Waals surface area contributed by atoms with Gasteiger partial charge in [0.25, 0.3) is 0 Å². The van der Waals surface area contributed by atoms with Crippen LogP contribution >= 0.6 is 0 Å². The maximum atomic E-state index is 11.5. The molecule has 0 spiro atoms. The molecule has 1 fully saturated rings. The van der Waals surface area contributed by atoms with Crippen LogP contribution in [0.3, 0.4) is 0 Å². The number of aromatic nitrogens is 2. The summed E-state index contributed by atoms with van der Waals surface area (Å²) in [5.41, 5.74) is 4.72. The van der Waals surface area contributed by atoms with E-state index in [4.69, 9.17) is 5.73 Å². The fourth-order valence-corrected chi connectivity index (χ4v) is 1.94. The van der Waals surface area contributed by atoms with E-state index in [0.717, 1.165) is 0 Å². The van der Waals surface area contributed by atoms with E-state index in [1.807, 2.05) is 0 Å². The summed E-state index contributed by atoms with van der Waals surface area (Å²) in [4.78, 5) is 15.0. The summed E-state index contributed by atoms with van der Waals surface area (Å²) in [5.74, 6) is 0.0924. The Labute approximate surface area is 90.8 Å². The van der Waals surface area contributed by atoms with E-state index in [1.165, 1.54) is 16.8 Å². The Morgan fingerprint density at radius 3 is 2.56 bits per heavy atom. The Balaban J connectivity index is 2.35. The Kier molecular flexibility index (Phi) is 2.66. The van der Waals surface area contributed by atoms with Crippen LogP contribution in [0, 0.1) is 0 Å². The number of aliphatic hydroxyl groups is 3. The first-order valence-electron chi connectivity index (χ1n) is 4.89. The maximum Gasteiger partial charge on any atom is 0.349 e. The minimum Gasteiger partial charge on any atom is -0.390 e. The summed E-state index contributed by atoms with van der Waals surface area (Å²) in [5, 5.41) is 28.4. The van der Waals surface area contributed by atoms with Crippen LogP contribution in [0.1, 0.15) is 12.5 Å². The second kappa shape index (κ2) is 3.85. The molecule has 1 aliphatic carbocycles. The largest absolute Gasteiger partial charge is 0.390 e. The van der Waals surface area contributed by atoms with Gasteiger partial charge in [-0.05, 0) is 12.5 Å². The highest BCUT2D eigenvalue weighted by atomic mass is 16.4. The number of hydrogen-bond donors (Lipinski definition) is 4. The van der Waals surface area contributed by atoms with Gasteiger partial charge in [-0.1, -0.05) is 0 Å². The Morgan fingerprint density at radius 2 is 2.06 bits per heavy atom. The zero-order chi connectivity index (χ0) is 11.9. The Bertz CT molecular complexity index is 447. The van der Waals surface area contributed by atoms with Gasteiger partial charge in [0.2, 0.25) is 0 Å². The molecule has 88 valence electrons. The maximum absolute atomic E-state index is 11.5. The first kappa shape index (κ1) is 11.1. The molecule has 0 aliphatic heterocycles. The van der Waals surface area contributed by atoms with Gasteiger partial charge in [0.15, 0.2) is 0 Å². The highest BCUT2D eigenvalue weighted by Crippen LogP contribution is 2.29. The average Bonchev–Trinajstić information content (AvgIpc) is 2.46. The molecule has 1 aromatic heterocycles. The standard InChI is InChI=1S/C9H13N3O4/c10-6-1-2-12(9(16)11-6)4-3-5(13)8(15)7(4)14/h1-2,4-5,7-8,13-15H,3H2,(H2,10,11,16). The van der Waals surface area contributed by atoms with Crippen LogP contribution in [0.15, 0.2) is 17.1 Å². The zero-order valence-corrected chi connectivity index (χ0v) is 8.39. The highest BCUT2D eigenvalue weighted by molar-refractivity contribution is 5.23. The third-order valence-corrected chi connectivity index (χ3v) is 2.83. The summed E-state index contributed by atoms with van der Waals surface area (Å²) in [6, 6.07) is 0.746. The topological polar surface area (TPSA) is 122 Å². The van der Waals surface area contributed by atoms with Gasteiger partial charge in [0.05, 0.1) is 12.1 Å². The molecule has 1 saturated carbocycles. The van der Waals surface area contributed by atoms with Crippen molar-refractivity contribution in [2.45, 2.75) is 30.8 Å². The molecule has 1 aliphatic rings. The van der Waals surface area contributed by atoms with E-state index in [9.17, 15) is 20.1 Å². The van der Waals surface area contributed by atoms with Gasteiger partial charge in [0, 0.05) is 6.20 Å². The molecule has 16 heavy (non-hydrogen) atoms. The van der Waals surface area contributed by atoms with Gasteiger partial charge in [-0.15, -0.1) is 0 Å². The normalized spacial score (nSPS) is 34.2. The fraction of sp³-hybridized carbons (Fsp3) is 0.556. The van der Waals surface area contributed by atoms with Crippen molar-refractivity contribution in [2.24, 2.45) is 0 Å². The number of nitrogens with two attached hydrogens (primary N) is 1. The molecule has 2 rings (SSSR count). The average molecular weight is 227 g/mol. The van der Waals surface area contributed by atoms with Crippen LogP contribution in [0.2, 0.25) is 0 Å². The number of hydrogen-bond acceptors (Lipinski definition) is 6. The molecule has 4 atom stereocenters. The molecule has 0 saturated heterocycles. The van der Waals surface area contributed by atoms with Crippen LogP contribution in [0.5, 0.6) is 0 Å². The van der Waals surface area contributed by atoms with Gasteiger partial charge in [-0.25, -0.2) is 4.79 Å². The molecule has 0 radical (unpaired) electrons. The van der Waals surface area contributed by atoms with Crippen molar-refractivity contribution < 1.29 is 15.3 Å². The fourth-order valence-electron chi connectivity index (χ4n) is 1.94. The molecule has 1 aromatic rings. The predicted octanol–water partition coefficient (Wildman–Crippen LogP) is -2.15. The van der Waals surface area contributed by atoms with E-state index >= 15 is 0 Å². The van der Waals surface area contributed by atoms with Gasteiger partial charge >= 0.3 is 5.69 Å². The smallest absolute Gasteiger partial charge is 0.349 e. The number of anilines is 1. The molecule has 0 aromatic carbocycles. The summed E-state index contributed by atoms with van der Waals surface area (Å²) in [7, 11) is 0. The van der Waals surface area contributed by atoms with Crippen molar-refractivity contribution in [3.05, 3.63) is 22.7 Å². The summed E-state index contributed by atoms with van der Waals surface area (Å²) < 4.78 is 1.17. The molecule has 7 heteroatoms. The van der Waals surface area contributed by atoms with E-state index < -0.39 is 30.0 Å². The molecule has 0 amide bonds. The van der Waals surface area contributed by atoms with Gasteiger partial charge in [-0.3, -0.25) is 4.57 Å². The second-order valence-electron chi connectivity index (χ2n) is 3.89. The minimum atomic E-state index is -1.24. The monoisotopic (exact) mass is 227 g/mol. The second-order valence-corrected chi connectivity index (χ2v) is 3.89. The van der Waals surface area contributed by atoms with Crippen molar-refractivity contribution >= 4 is 5.82 Å².